The third-order valence-corrected chi connectivity index (χ3v) is 7.12. The summed E-state index contributed by atoms with van der Waals surface area (Å²) in [5, 5.41) is 3.75. The van der Waals surface area contributed by atoms with Crippen LogP contribution in [0.5, 0.6) is 6.01 Å². The molecule has 0 radical (unpaired) electrons. The molecule has 1 fully saturated rings. The van der Waals surface area contributed by atoms with E-state index in [9.17, 15) is 22.8 Å². The van der Waals surface area contributed by atoms with E-state index in [0.29, 0.717) is 32.9 Å². The number of nitrogens with zero attached hydrogens (tertiary/aromatic N) is 3. The highest BCUT2D eigenvalue weighted by atomic mass is 35.5. The minimum Gasteiger partial charge on any atom is -0.385 e. The van der Waals surface area contributed by atoms with Crippen molar-refractivity contribution in [1.29, 1.82) is 0 Å². The summed E-state index contributed by atoms with van der Waals surface area (Å²) in [5.41, 5.74) is 1.43. The van der Waals surface area contributed by atoms with E-state index in [2.05, 4.69) is 25.0 Å². The van der Waals surface area contributed by atoms with Crippen LogP contribution in [0.1, 0.15) is 12.8 Å². The Morgan fingerprint density at radius 2 is 1.86 bits per heavy atom. The van der Waals surface area contributed by atoms with Gasteiger partial charge in [-0.1, -0.05) is 23.7 Å². The molecular formula is C24H15ClF3N5O3S. The van der Waals surface area contributed by atoms with E-state index in [1.54, 1.807) is 36.4 Å². The van der Waals surface area contributed by atoms with Gasteiger partial charge in [0.15, 0.2) is 0 Å². The summed E-state index contributed by atoms with van der Waals surface area (Å²) in [6.45, 7) is 0. The van der Waals surface area contributed by atoms with Gasteiger partial charge in [0, 0.05) is 15.9 Å². The average Bonchev–Trinajstić information content (AvgIpc) is 3.40. The number of carbonyl (C=O) groups is 1. The van der Waals surface area contributed by atoms with Crippen LogP contribution in [0.15, 0.2) is 53.3 Å². The van der Waals surface area contributed by atoms with Gasteiger partial charge in [0.1, 0.15) is 4.70 Å². The van der Waals surface area contributed by atoms with Gasteiger partial charge in [-0.25, -0.2) is 14.3 Å². The molecule has 0 amide bonds. The largest absolute Gasteiger partial charge is 0.491 e. The molecule has 8 nitrogen and oxygen atoms in total. The highest BCUT2D eigenvalue weighted by Crippen LogP contribution is 2.34. The maximum absolute atomic E-state index is 13.6. The lowest BCUT2D eigenvalue weighted by molar-refractivity contribution is -0.190. The molecule has 3 heterocycles. The van der Waals surface area contributed by atoms with Crippen LogP contribution in [0.2, 0.25) is 5.02 Å². The summed E-state index contributed by atoms with van der Waals surface area (Å²) in [6, 6.07) is 12.6. The van der Waals surface area contributed by atoms with Crippen molar-refractivity contribution < 1.29 is 22.7 Å². The number of aromatic nitrogens is 4. The highest BCUT2D eigenvalue weighted by Gasteiger charge is 2.42. The van der Waals surface area contributed by atoms with E-state index >= 15 is 0 Å². The molecule has 0 atom stereocenters. The monoisotopic (exact) mass is 545 g/mol. The molecule has 3 aromatic heterocycles. The second-order valence-electron chi connectivity index (χ2n) is 8.46. The summed E-state index contributed by atoms with van der Waals surface area (Å²) in [7, 11) is 0. The van der Waals surface area contributed by atoms with E-state index in [1.807, 2.05) is 0 Å². The van der Waals surface area contributed by atoms with Crippen LogP contribution in [0, 0.1) is 0 Å². The Hall–Kier alpha value is -3.90. The fraction of sp³-hybridized carbons (Fsp3) is 0.167. The van der Waals surface area contributed by atoms with Crippen molar-refractivity contribution in [2.45, 2.75) is 25.1 Å². The van der Waals surface area contributed by atoms with E-state index in [-0.39, 0.29) is 15.9 Å². The normalized spacial score (nSPS) is 13.8. The maximum Gasteiger partial charge on any atom is 0.491 e. The van der Waals surface area contributed by atoms with Crippen molar-refractivity contribution in [3.05, 3.63) is 63.9 Å². The zero-order valence-corrected chi connectivity index (χ0v) is 20.2. The van der Waals surface area contributed by atoms with Crippen LogP contribution in [0.3, 0.4) is 0 Å². The van der Waals surface area contributed by atoms with Gasteiger partial charge in [0.25, 0.3) is 5.56 Å². The number of nitrogens with one attached hydrogen (secondary N) is 2. The summed E-state index contributed by atoms with van der Waals surface area (Å²) in [6.07, 6.45) is -3.20. The predicted octanol–water partition coefficient (Wildman–Crippen LogP) is 5.69. The molecule has 0 spiro atoms. The first-order valence-electron chi connectivity index (χ1n) is 11.0. The number of esters is 1. The molecular weight excluding hydrogens is 531 g/mol. The van der Waals surface area contributed by atoms with Crippen LogP contribution in [0.4, 0.5) is 19.1 Å². The molecule has 5 aromatic rings. The van der Waals surface area contributed by atoms with Crippen LogP contribution >= 0.6 is 22.9 Å². The molecule has 2 N–H and O–H groups in total. The molecule has 2 aromatic carbocycles. The molecule has 37 heavy (non-hydrogen) atoms. The number of imidazole rings is 1. The quantitative estimate of drug-likeness (QED) is 0.275. The topological polar surface area (TPSA) is 102 Å². The number of alkyl halides is 3. The van der Waals surface area contributed by atoms with Crippen molar-refractivity contribution in [1.82, 2.24) is 19.5 Å². The molecule has 6 rings (SSSR count). The molecule has 0 aliphatic heterocycles. The lowest BCUT2D eigenvalue weighted by Crippen LogP contribution is -2.31. The van der Waals surface area contributed by atoms with Gasteiger partial charge in [0.2, 0.25) is 5.95 Å². The smallest absolute Gasteiger partial charge is 0.385 e. The molecule has 0 bridgehead atoms. The number of hydrogen-bond acceptors (Lipinski definition) is 7. The average molecular weight is 546 g/mol. The van der Waals surface area contributed by atoms with Gasteiger partial charge >= 0.3 is 18.2 Å². The van der Waals surface area contributed by atoms with Gasteiger partial charge in [-0.2, -0.15) is 18.2 Å². The van der Waals surface area contributed by atoms with Crippen LogP contribution in [-0.2, 0) is 4.79 Å². The lowest BCUT2D eigenvalue weighted by atomic mass is 10.2. The van der Waals surface area contributed by atoms with Crippen LogP contribution in [-0.4, -0.2) is 37.7 Å². The first kappa shape index (κ1) is 23.5. The first-order valence-corrected chi connectivity index (χ1v) is 12.2. The standard InChI is InChI=1S/C24H15ClF3N5O3S/c25-12-3-1-11(2-4-12)18-10-17-19(37-18)20(34)33(23(32-17)36-21(35)24(26,27)28)14-7-8-15-16(9-14)31-22(30-15)29-13-5-6-13/h1-4,7-10,13H,5-6H2,(H2,29,30,31). The Morgan fingerprint density at radius 1 is 1.11 bits per heavy atom. The Bertz CT molecular complexity index is 1740. The van der Waals surface area contributed by atoms with E-state index in [0.717, 1.165) is 34.3 Å². The Balaban J connectivity index is 1.51. The Morgan fingerprint density at radius 3 is 2.57 bits per heavy atom. The van der Waals surface area contributed by atoms with Crippen molar-refractivity contribution >= 4 is 56.1 Å². The van der Waals surface area contributed by atoms with Crippen LogP contribution in [0.25, 0.3) is 37.4 Å². The maximum atomic E-state index is 13.6. The predicted molar refractivity (Wildman–Crippen MR) is 134 cm³/mol. The van der Waals surface area contributed by atoms with E-state index in [4.69, 9.17) is 11.6 Å². The number of hydrogen-bond donors (Lipinski definition) is 2. The minimum absolute atomic E-state index is 0.0970. The van der Waals surface area contributed by atoms with Gasteiger partial charge in [-0.15, -0.1) is 11.3 Å². The van der Waals surface area contributed by atoms with Gasteiger partial charge in [-0.05, 0) is 54.8 Å². The molecule has 1 aliphatic carbocycles. The summed E-state index contributed by atoms with van der Waals surface area (Å²) < 4.78 is 44.8. The number of benzene rings is 2. The summed E-state index contributed by atoms with van der Waals surface area (Å²) in [4.78, 5) is 37.6. The number of anilines is 1. The van der Waals surface area contributed by atoms with E-state index in [1.165, 1.54) is 12.1 Å². The highest BCUT2D eigenvalue weighted by molar-refractivity contribution is 7.22. The molecule has 1 aliphatic rings. The third-order valence-electron chi connectivity index (χ3n) is 5.70. The minimum atomic E-state index is -5.28. The summed E-state index contributed by atoms with van der Waals surface area (Å²) >= 11 is 7.07. The lowest BCUT2D eigenvalue weighted by Gasteiger charge is -2.12. The van der Waals surface area contributed by atoms with Crippen molar-refractivity contribution in [2.75, 3.05) is 5.32 Å². The molecule has 13 heteroatoms. The molecule has 188 valence electrons. The molecule has 0 saturated heterocycles. The van der Waals surface area contributed by atoms with Crippen molar-refractivity contribution in [3.8, 4) is 22.1 Å². The zero-order valence-electron chi connectivity index (χ0n) is 18.6. The number of ether oxygens (including phenoxy) is 1. The fourth-order valence-electron chi connectivity index (χ4n) is 3.78. The van der Waals surface area contributed by atoms with Gasteiger partial charge in [-0.3, -0.25) is 4.79 Å². The summed E-state index contributed by atoms with van der Waals surface area (Å²) in [5.74, 6) is -1.94. The number of carbonyl (C=O) groups excluding carboxylic acids is 1. The second-order valence-corrected chi connectivity index (χ2v) is 9.95. The van der Waals surface area contributed by atoms with Gasteiger partial charge < -0.3 is 15.0 Å². The van der Waals surface area contributed by atoms with Crippen molar-refractivity contribution in [2.24, 2.45) is 0 Å². The van der Waals surface area contributed by atoms with Crippen molar-refractivity contribution in [3.63, 3.8) is 0 Å². The number of rotatable bonds is 5. The van der Waals surface area contributed by atoms with Gasteiger partial charge in [0.05, 0.1) is 22.2 Å². The number of halogens is 4. The molecule has 1 saturated carbocycles. The first-order chi connectivity index (χ1) is 17.7. The third kappa shape index (κ3) is 4.53. The number of H-pyrrole nitrogens is 1. The SMILES string of the molecule is O=C(Oc1nc2cc(-c3ccc(Cl)cc3)sc2c(=O)n1-c1ccc2nc(NC3CC3)[nH]c2c1)C(F)(F)F. The number of fused-ring (bicyclic) bond motifs is 2. The Labute approximate surface area is 214 Å². The van der Waals surface area contributed by atoms with E-state index < -0.39 is 23.7 Å². The van der Waals surface area contributed by atoms with Crippen LogP contribution < -0.4 is 15.6 Å². The number of aromatic amines is 1. The number of thiophene rings is 1. The fourth-order valence-corrected chi connectivity index (χ4v) is 4.94. The Kier molecular flexibility index (Phi) is 5.46. The zero-order chi connectivity index (χ0) is 25.9. The molecule has 0 unspecified atom stereocenters. The second kappa shape index (κ2) is 8.60.